The van der Waals surface area contributed by atoms with Gasteiger partial charge in [0.1, 0.15) is 0 Å². The average molecular weight is 163 g/mol. The predicted molar refractivity (Wildman–Crippen MR) is 47.3 cm³/mol. The molecule has 0 aliphatic heterocycles. The van der Waals surface area contributed by atoms with Crippen molar-refractivity contribution in [1.29, 1.82) is 0 Å². The van der Waals surface area contributed by atoms with E-state index in [1.165, 1.54) is 0 Å². The molecule has 0 unspecified atom stereocenters. The van der Waals surface area contributed by atoms with Crippen LogP contribution in [0.25, 0.3) is 0 Å². The number of carbonyl (C=O) groups is 1. The third kappa shape index (κ3) is 1.82. The first-order chi connectivity index (χ1) is 5.74. The lowest BCUT2D eigenvalue weighted by Gasteiger charge is -1.97. The van der Waals surface area contributed by atoms with E-state index in [9.17, 15) is 4.79 Å². The number of hydrogen-bond donors (Lipinski definition) is 2. The molecular formula is C8H9N3O. The number of para-hydroxylation sites is 1. The van der Waals surface area contributed by atoms with Gasteiger partial charge in [-0.1, -0.05) is 12.1 Å². The average Bonchev–Trinajstić information content (AvgIpc) is 2.04. The number of aliphatic imine (C=N–C) groups is 1. The van der Waals surface area contributed by atoms with Crippen LogP contribution in [-0.4, -0.2) is 12.2 Å². The molecule has 4 nitrogen and oxygen atoms in total. The van der Waals surface area contributed by atoms with Crippen LogP contribution < -0.4 is 11.5 Å². The molecule has 0 aromatic heterocycles. The molecule has 0 bridgehead atoms. The van der Waals surface area contributed by atoms with Gasteiger partial charge in [-0.25, -0.2) is 4.99 Å². The number of benzene rings is 1. The molecule has 1 rings (SSSR count). The zero-order valence-electron chi connectivity index (χ0n) is 6.40. The molecular weight excluding hydrogens is 154 g/mol. The molecule has 4 N–H and O–H groups in total. The van der Waals surface area contributed by atoms with Crippen LogP contribution in [0.1, 0.15) is 10.4 Å². The maximum atomic E-state index is 10.5. The van der Waals surface area contributed by atoms with E-state index >= 15 is 0 Å². The van der Waals surface area contributed by atoms with Gasteiger partial charge in [0.15, 0.2) is 12.2 Å². The summed E-state index contributed by atoms with van der Waals surface area (Å²) in [5.41, 5.74) is 11.3. The molecule has 0 amide bonds. The molecule has 0 spiro atoms. The minimum absolute atomic E-state index is 0.0516. The second kappa shape index (κ2) is 3.52. The van der Waals surface area contributed by atoms with Crippen molar-refractivity contribution in [1.82, 2.24) is 0 Å². The fourth-order valence-corrected chi connectivity index (χ4v) is 0.828. The van der Waals surface area contributed by atoms with Gasteiger partial charge >= 0.3 is 0 Å². The van der Waals surface area contributed by atoms with E-state index in [0.29, 0.717) is 17.5 Å². The second-order valence-electron chi connectivity index (χ2n) is 2.21. The quantitative estimate of drug-likeness (QED) is 0.376. The van der Waals surface area contributed by atoms with Crippen molar-refractivity contribution in [3.63, 3.8) is 0 Å². The SMILES string of the molecule is NC(N)=Nc1ccccc1C=O. The molecule has 0 fully saturated rings. The minimum Gasteiger partial charge on any atom is -0.370 e. The predicted octanol–water partition coefficient (Wildman–Crippen LogP) is 0.404. The number of nitrogens with zero attached hydrogens (tertiary/aromatic N) is 1. The highest BCUT2D eigenvalue weighted by atomic mass is 16.1. The molecule has 0 aliphatic rings. The summed E-state index contributed by atoms with van der Waals surface area (Å²) in [6.45, 7) is 0. The van der Waals surface area contributed by atoms with Crippen LogP contribution in [0.4, 0.5) is 5.69 Å². The Morgan fingerprint density at radius 1 is 1.33 bits per heavy atom. The third-order valence-corrected chi connectivity index (χ3v) is 1.31. The highest BCUT2D eigenvalue weighted by molar-refractivity contribution is 5.87. The number of nitrogens with two attached hydrogens (primary N) is 2. The zero-order valence-corrected chi connectivity index (χ0v) is 6.40. The third-order valence-electron chi connectivity index (χ3n) is 1.31. The number of aldehydes is 1. The molecule has 1 aromatic rings. The molecule has 0 atom stereocenters. The van der Waals surface area contributed by atoms with Crippen LogP contribution in [0, 0.1) is 0 Å². The van der Waals surface area contributed by atoms with E-state index < -0.39 is 0 Å². The number of hydrogen-bond acceptors (Lipinski definition) is 2. The van der Waals surface area contributed by atoms with Crippen molar-refractivity contribution in [2.24, 2.45) is 16.5 Å². The lowest BCUT2D eigenvalue weighted by Crippen LogP contribution is -2.22. The Kier molecular flexibility index (Phi) is 2.42. The van der Waals surface area contributed by atoms with Crippen molar-refractivity contribution in [2.45, 2.75) is 0 Å². The van der Waals surface area contributed by atoms with Gasteiger partial charge in [-0.15, -0.1) is 0 Å². The molecule has 0 radical (unpaired) electrons. The van der Waals surface area contributed by atoms with Crippen LogP contribution in [0.15, 0.2) is 29.3 Å². The van der Waals surface area contributed by atoms with E-state index in [-0.39, 0.29) is 5.96 Å². The van der Waals surface area contributed by atoms with E-state index in [1.807, 2.05) is 0 Å². The number of guanidine groups is 1. The standard InChI is InChI=1S/C8H9N3O/c9-8(10)11-7-4-2-1-3-6(7)5-12/h1-5H,(H4,9,10,11). The van der Waals surface area contributed by atoms with Crippen molar-refractivity contribution < 1.29 is 4.79 Å². The molecule has 4 heteroatoms. The molecule has 0 saturated carbocycles. The highest BCUT2D eigenvalue weighted by Gasteiger charge is 1.97. The van der Waals surface area contributed by atoms with Gasteiger partial charge in [0.2, 0.25) is 0 Å². The van der Waals surface area contributed by atoms with Gasteiger partial charge in [0.05, 0.1) is 5.69 Å². The molecule has 1 aromatic carbocycles. The summed E-state index contributed by atoms with van der Waals surface area (Å²) < 4.78 is 0. The lowest BCUT2D eigenvalue weighted by atomic mass is 10.2. The number of carbonyl (C=O) groups excluding carboxylic acids is 1. The Bertz CT molecular complexity index is 316. The van der Waals surface area contributed by atoms with Crippen LogP contribution in [0.3, 0.4) is 0 Å². The smallest absolute Gasteiger partial charge is 0.191 e. The lowest BCUT2D eigenvalue weighted by molar-refractivity contribution is 0.112. The first kappa shape index (κ1) is 8.26. The van der Waals surface area contributed by atoms with E-state index in [1.54, 1.807) is 24.3 Å². The fourth-order valence-electron chi connectivity index (χ4n) is 0.828. The minimum atomic E-state index is -0.0516. The van der Waals surface area contributed by atoms with Gasteiger partial charge < -0.3 is 11.5 Å². The van der Waals surface area contributed by atoms with Crippen molar-refractivity contribution in [2.75, 3.05) is 0 Å². The summed E-state index contributed by atoms with van der Waals surface area (Å²) in [6.07, 6.45) is 0.710. The second-order valence-corrected chi connectivity index (χ2v) is 2.21. The molecule has 0 aliphatic carbocycles. The summed E-state index contributed by atoms with van der Waals surface area (Å²) in [4.78, 5) is 14.2. The van der Waals surface area contributed by atoms with Crippen molar-refractivity contribution in [3.8, 4) is 0 Å². The maximum Gasteiger partial charge on any atom is 0.191 e. The summed E-state index contributed by atoms with van der Waals surface area (Å²) in [5.74, 6) is -0.0516. The Labute approximate surface area is 69.9 Å². The molecule has 62 valence electrons. The Morgan fingerprint density at radius 2 is 2.00 bits per heavy atom. The summed E-state index contributed by atoms with van der Waals surface area (Å²) >= 11 is 0. The Hall–Kier alpha value is -1.84. The molecule has 0 saturated heterocycles. The monoisotopic (exact) mass is 163 g/mol. The summed E-state index contributed by atoms with van der Waals surface area (Å²) in [6, 6.07) is 6.82. The Morgan fingerprint density at radius 3 is 2.58 bits per heavy atom. The van der Waals surface area contributed by atoms with E-state index in [4.69, 9.17) is 11.5 Å². The van der Waals surface area contributed by atoms with Crippen LogP contribution in [0.2, 0.25) is 0 Å². The summed E-state index contributed by atoms with van der Waals surface area (Å²) in [5, 5.41) is 0. The van der Waals surface area contributed by atoms with Gasteiger partial charge in [-0.3, -0.25) is 4.79 Å². The van der Waals surface area contributed by atoms with Gasteiger partial charge in [-0.05, 0) is 12.1 Å². The zero-order chi connectivity index (χ0) is 8.97. The van der Waals surface area contributed by atoms with Crippen LogP contribution in [-0.2, 0) is 0 Å². The van der Waals surface area contributed by atoms with Crippen molar-refractivity contribution >= 4 is 17.9 Å². The number of rotatable bonds is 2. The van der Waals surface area contributed by atoms with E-state index in [2.05, 4.69) is 4.99 Å². The topological polar surface area (TPSA) is 81.5 Å². The van der Waals surface area contributed by atoms with Gasteiger partial charge in [-0.2, -0.15) is 0 Å². The maximum absolute atomic E-state index is 10.5. The highest BCUT2D eigenvalue weighted by Crippen LogP contribution is 2.15. The van der Waals surface area contributed by atoms with Gasteiger partial charge in [0, 0.05) is 5.56 Å². The van der Waals surface area contributed by atoms with Crippen LogP contribution in [0.5, 0.6) is 0 Å². The first-order valence-corrected chi connectivity index (χ1v) is 3.38. The first-order valence-electron chi connectivity index (χ1n) is 3.38. The van der Waals surface area contributed by atoms with Crippen molar-refractivity contribution in [3.05, 3.63) is 29.8 Å². The fraction of sp³-hybridized carbons (Fsp3) is 0. The molecule has 0 heterocycles. The molecule has 12 heavy (non-hydrogen) atoms. The van der Waals surface area contributed by atoms with Crippen LogP contribution >= 0.6 is 0 Å². The normalized spacial score (nSPS) is 9.00. The largest absolute Gasteiger partial charge is 0.370 e. The summed E-state index contributed by atoms with van der Waals surface area (Å²) in [7, 11) is 0. The van der Waals surface area contributed by atoms with Gasteiger partial charge in [0.25, 0.3) is 0 Å². The Balaban J connectivity index is 3.14. The van der Waals surface area contributed by atoms with E-state index in [0.717, 1.165) is 0 Å².